The minimum Gasteiger partial charge on any atom is -0.452 e. The molecule has 1 amide bonds. The van der Waals surface area contributed by atoms with E-state index in [0.717, 1.165) is 17.7 Å². The summed E-state index contributed by atoms with van der Waals surface area (Å²) < 4.78 is 67.7. The number of rotatable bonds is 7. The zero-order valence-electron chi connectivity index (χ0n) is 15.1. The van der Waals surface area contributed by atoms with Gasteiger partial charge in [-0.15, -0.1) is 0 Å². The Balaban J connectivity index is 1.95. The Bertz CT molecular complexity index is 972. The normalized spacial score (nSPS) is 11.6. The van der Waals surface area contributed by atoms with Crippen molar-refractivity contribution >= 4 is 27.6 Å². The first-order chi connectivity index (χ1) is 13.5. The van der Waals surface area contributed by atoms with E-state index in [4.69, 9.17) is 0 Å². The quantitative estimate of drug-likeness (QED) is 0.658. The molecule has 0 heterocycles. The maximum atomic E-state index is 12.4. The minimum atomic E-state index is -4.58. The Morgan fingerprint density at radius 3 is 2.14 bits per heavy atom. The molecular formula is C18H17F3N2O5S. The van der Waals surface area contributed by atoms with Crippen LogP contribution in [0.25, 0.3) is 0 Å². The van der Waals surface area contributed by atoms with E-state index in [9.17, 15) is 31.2 Å². The summed E-state index contributed by atoms with van der Waals surface area (Å²) in [5.74, 6) is -2.10. The lowest BCUT2D eigenvalue weighted by molar-refractivity contribution is -0.140. The van der Waals surface area contributed by atoms with Crippen LogP contribution in [0.5, 0.6) is 0 Å². The van der Waals surface area contributed by atoms with Crippen LogP contribution in [0.2, 0.25) is 0 Å². The van der Waals surface area contributed by atoms with Gasteiger partial charge in [0.2, 0.25) is 0 Å². The third-order valence-electron chi connectivity index (χ3n) is 3.52. The number of alkyl halides is 3. The molecule has 0 aliphatic rings. The van der Waals surface area contributed by atoms with Gasteiger partial charge >= 0.3 is 12.1 Å². The second kappa shape index (κ2) is 8.95. The Kier molecular flexibility index (Phi) is 6.85. The van der Waals surface area contributed by atoms with Gasteiger partial charge in [-0.25, -0.2) is 13.2 Å². The van der Waals surface area contributed by atoms with Crippen LogP contribution >= 0.6 is 0 Å². The third-order valence-corrected chi connectivity index (χ3v) is 4.92. The van der Waals surface area contributed by atoms with Crippen molar-refractivity contribution in [3.63, 3.8) is 0 Å². The highest BCUT2D eigenvalue weighted by Crippen LogP contribution is 2.17. The highest BCUT2D eigenvalue weighted by atomic mass is 32.2. The van der Waals surface area contributed by atoms with Crippen molar-refractivity contribution < 1.29 is 35.9 Å². The number of aryl methyl sites for hydroxylation is 1. The van der Waals surface area contributed by atoms with Gasteiger partial charge in [0.1, 0.15) is 6.54 Å². The molecule has 29 heavy (non-hydrogen) atoms. The maximum absolute atomic E-state index is 12.4. The largest absolute Gasteiger partial charge is 0.452 e. The number of anilines is 1. The molecule has 2 N–H and O–H groups in total. The van der Waals surface area contributed by atoms with Gasteiger partial charge in [0.25, 0.3) is 15.9 Å². The van der Waals surface area contributed by atoms with Gasteiger partial charge in [0.15, 0.2) is 6.61 Å². The van der Waals surface area contributed by atoms with E-state index < -0.39 is 41.2 Å². The highest BCUT2D eigenvalue weighted by Gasteiger charge is 2.27. The van der Waals surface area contributed by atoms with Crippen molar-refractivity contribution in [2.45, 2.75) is 18.0 Å². The minimum absolute atomic E-state index is 0.0668. The zero-order chi connectivity index (χ0) is 21.7. The first-order valence-corrected chi connectivity index (χ1v) is 9.65. The van der Waals surface area contributed by atoms with Crippen molar-refractivity contribution in [2.24, 2.45) is 0 Å². The molecule has 0 unspecified atom stereocenters. The summed E-state index contributed by atoms with van der Waals surface area (Å²) in [7, 11) is -3.89. The number of esters is 1. The lowest BCUT2D eigenvalue weighted by atomic mass is 10.2. The van der Waals surface area contributed by atoms with Crippen LogP contribution in [0, 0.1) is 6.92 Å². The number of ether oxygens (including phenoxy) is 1. The smallest absolute Gasteiger partial charge is 0.405 e. The van der Waals surface area contributed by atoms with E-state index in [-0.39, 0.29) is 10.5 Å². The second-order valence-electron chi connectivity index (χ2n) is 5.96. The molecule has 0 fully saturated rings. The molecule has 0 saturated carbocycles. The van der Waals surface area contributed by atoms with Crippen LogP contribution in [0.1, 0.15) is 15.9 Å². The average molecular weight is 430 g/mol. The number of hydrogen-bond acceptors (Lipinski definition) is 5. The number of halogens is 3. The van der Waals surface area contributed by atoms with Crippen molar-refractivity contribution in [1.29, 1.82) is 0 Å². The summed E-state index contributed by atoms with van der Waals surface area (Å²) in [4.78, 5) is 23.0. The second-order valence-corrected chi connectivity index (χ2v) is 7.65. The van der Waals surface area contributed by atoms with Gasteiger partial charge in [-0.3, -0.25) is 9.52 Å². The van der Waals surface area contributed by atoms with E-state index >= 15 is 0 Å². The molecule has 0 spiro atoms. The van der Waals surface area contributed by atoms with Gasteiger partial charge in [-0.05, 0) is 43.3 Å². The van der Waals surface area contributed by atoms with Gasteiger partial charge in [-0.2, -0.15) is 13.2 Å². The van der Waals surface area contributed by atoms with Crippen LogP contribution < -0.4 is 10.0 Å². The van der Waals surface area contributed by atoms with E-state index in [1.807, 2.05) is 6.92 Å². The van der Waals surface area contributed by atoms with Gasteiger partial charge in [0, 0.05) is 5.69 Å². The Morgan fingerprint density at radius 2 is 1.59 bits per heavy atom. The molecule has 2 rings (SSSR count). The van der Waals surface area contributed by atoms with E-state index in [1.54, 1.807) is 29.6 Å². The van der Waals surface area contributed by atoms with Crippen LogP contribution in [-0.2, 0) is 19.6 Å². The molecule has 11 heteroatoms. The lowest BCUT2D eigenvalue weighted by Crippen LogP contribution is -2.36. The number of hydrogen-bond donors (Lipinski definition) is 2. The molecule has 0 atom stereocenters. The number of sulfonamides is 1. The zero-order valence-corrected chi connectivity index (χ0v) is 15.9. The first kappa shape index (κ1) is 22.2. The molecule has 0 radical (unpaired) electrons. The summed E-state index contributed by atoms with van der Waals surface area (Å²) >= 11 is 0. The van der Waals surface area contributed by atoms with Crippen molar-refractivity contribution in [3.05, 3.63) is 59.7 Å². The SMILES string of the molecule is Cc1ccc(NS(=O)(=O)c2ccc(C(=O)OCC(=O)NCC(F)(F)F)cc2)cc1. The summed E-state index contributed by atoms with van der Waals surface area (Å²) in [6.45, 7) is -0.579. The Labute approximate surface area is 164 Å². The average Bonchev–Trinajstić information content (AvgIpc) is 2.65. The molecule has 0 aliphatic heterocycles. The molecule has 2 aromatic rings. The van der Waals surface area contributed by atoms with Gasteiger partial charge in [0.05, 0.1) is 10.5 Å². The Hall–Kier alpha value is -3.08. The van der Waals surface area contributed by atoms with E-state index in [2.05, 4.69) is 9.46 Å². The van der Waals surface area contributed by atoms with E-state index in [0.29, 0.717) is 5.69 Å². The van der Waals surface area contributed by atoms with Crippen LogP contribution in [0.3, 0.4) is 0 Å². The van der Waals surface area contributed by atoms with Crippen LogP contribution in [0.4, 0.5) is 18.9 Å². The van der Waals surface area contributed by atoms with Gasteiger partial charge < -0.3 is 10.1 Å². The van der Waals surface area contributed by atoms with Crippen molar-refractivity contribution in [2.75, 3.05) is 17.9 Å². The molecule has 0 saturated heterocycles. The maximum Gasteiger partial charge on any atom is 0.405 e. The molecule has 2 aromatic carbocycles. The third kappa shape index (κ3) is 7.11. The fourth-order valence-corrected chi connectivity index (χ4v) is 3.13. The predicted molar refractivity (Wildman–Crippen MR) is 97.8 cm³/mol. The molecular weight excluding hydrogens is 413 g/mol. The van der Waals surface area contributed by atoms with Crippen molar-refractivity contribution in [1.82, 2.24) is 5.32 Å². The number of amides is 1. The molecule has 0 bridgehead atoms. The summed E-state index contributed by atoms with van der Waals surface area (Å²) in [6, 6.07) is 11.3. The lowest BCUT2D eigenvalue weighted by Gasteiger charge is -2.10. The number of benzene rings is 2. The number of nitrogens with one attached hydrogen (secondary N) is 2. The van der Waals surface area contributed by atoms with Crippen LogP contribution in [0.15, 0.2) is 53.4 Å². The van der Waals surface area contributed by atoms with Crippen LogP contribution in [-0.4, -0.2) is 39.6 Å². The summed E-state index contributed by atoms with van der Waals surface area (Å²) in [5.41, 5.74) is 1.26. The Morgan fingerprint density at radius 1 is 1.00 bits per heavy atom. The van der Waals surface area contributed by atoms with E-state index in [1.165, 1.54) is 12.1 Å². The van der Waals surface area contributed by atoms with Gasteiger partial charge in [-0.1, -0.05) is 17.7 Å². The molecule has 156 valence electrons. The standard InChI is InChI=1S/C18H17F3N2O5S/c1-12-2-6-14(7-3-12)23-29(26,27)15-8-4-13(5-9-15)17(25)28-10-16(24)22-11-18(19,20)21/h2-9,23H,10-11H2,1H3,(H,22,24). The number of carbonyl (C=O) groups excluding carboxylic acids is 2. The number of carbonyl (C=O) groups is 2. The molecule has 7 nitrogen and oxygen atoms in total. The summed E-state index contributed by atoms with van der Waals surface area (Å²) in [5, 5.41) is 1.56. The topological polar surface area (TPSA) is 102 Å². The van der Waals surface area contributed by atoms with Crippen molar-refractivity contribution in [3.8, 4) is 0 Å². The fraction of sp³-hybridized carbons (Fsp3) is 0.222. The summed E-state index contributed by atoms with van der Waals surface area (Å²) in [6.07, 6.45) is -4.58. The highest BCUT2D eigenvalue weighted by molar-refractivity contribution is 7.92. The first-order valence-electron chi connectivity index (χ1n) is 8.16. The molecule has 0 aromatic heterocycles. The predicted octanol–water partition coefficient (Wildman–Crippen LogP) is 2.63. The monoisotopic (exact) mass is 430 g/mol. The fourth-order valence-electron chi connectivity index (χ4n) is 2.07. The molecule has 0 aliphatic carbocycles.